The van der Waals surface area contributed by atoms with Crippen molar-refractivity contribution in [1.29, 1.82) is 0 Å². The molecule has 0 bridgehead atoms. The maximum absolute atomic E-state index is 2.20. The quantitative estimate of drug-likeness (QED) is 0.461. The minimum absolute atomic E-state index is 1.25. The standard InChI is InChI=1S/C9H12.C7H8.C3H8.2C2H6/c1-7-4-5-8(2)9(3)6-7;1-7-5-3-2-4-6-7;1-3-2;2*1-2/h4-6H,1-3H3;2-6H,1H3;3H2,1-2H3;2*1-2H3. The molecule has 0 fully saturated rings. The second kappa shape index (κ2) is 20.4. The van der Waals surface area contributed by atoms with Gasteiger partial charge in [0, 0.05) is 0 Å². The molecule has 2 rings (SSSR count). The van der Waals surface area contributed by atoms with E-state index in [0.29, 0.717) is 0 Å². The zero-order valence-electron chi connectivity index (χ0n) is 17.3. The summed E-state index contributed by atoms with van der Waals surface area (Å²) in [6.07, 6.45) is 1.25. The van der Waals surface area contributed by atoms with Crippen molar-refractivity contribution in [1.82, 2.24) is 0 Å². The van der Waals surface area contributed by atoms with Crippen LogP contribution < -0.4 is 0 Å². The Morgan fingerprint density at radius 3 is 1.26 bits per heavy atom. The first-order valence-electron chi connectivity index (χ1n) is 9.06. The Morgan fingerprint density at radius 1 is 0.565 bits per heavy atom. The van der Waals surface area contributed by atoms with Crippen LogP contribution in [0, 0.1) is 27.7 Å². The van der Waals surface area contributed by atoms with Crippen molar-refractivity contribution in [2.24, 2.45) is 0 Å². The van der Waals surface area contributed by atoms with E-state index in [9.17, 15) is 0 Å². The predicted molar refractivity (Wildman–Crippen MR) is 110 cm³/mol. The molecule has 0 aliphatic carbocycles. The van der Waals surface area contributed by atoms with Crippen LogP contribution in [-0.4, -0.2) is 0 Å². The van der Waals surface area contributed by atoms with Crippen LogP contribution in [0.1, 0.15) is 70.2 Å². The Balaban J connectivity index is -0.000000255. The maximum atomic E-state index is 2.20. The molecule has 0 N–H and O–H groups in total. The van der Waals surface area contributed by atoms with E-state index in [4.69, 9.17) is 0 Å². The highest BCUT2D eigenvalue weighted by Gasteiger charge is 1.89. The van der Waals surface area contributed by atoms with Crippen molar-refractivity contribution < 1.29 is 0 Å². The van der Waals surface area contributed by atoms with Gasteiger partial charge in [0.25, 0.3) is 0 Å². The summed E-state index contributed by atoms with van der Waals surface area (Å²) in [4.78, 5) is 0. The second-order valence-electron chi connectivity index (χ2n) is 4.95. The van der Waals surface area contributed by atoms with E-state index < -0.39 is 0 Å². The molecular weight excluding hydrogens is 276 g/mol. The fourth-order valence-electron chi connectivity index (χ4n) is 1.43. The normalized spacial score (nSPS) is 7.74. The van der Waals surface area contributed by atoms with Gasteiger partial charge >= 0.3 is 0 Å². The molecule has 0 radical (unpaired) electrons. The lowest BCUT2D eigenvalue weighted by Gasteiger charge is -1.98. The summed E-state index contributed by atoms with van der Waals surface area (Å²) in [5, 5.41) is 0. The van der Waals surface area contributed by atoms with Gasteiger partial charge in [0.05, 0.1) is 0 Å². The van der Waals surface area contributed by atoms with Crippen LogP contribution in [0.15, 0.2) is 48.5 Å². The van der Waals surface area contributed by atoms with Gasteiger partial charge in [-0.05, 0) is 38.8 Å². The van der Waals surface area contributed by atoms with Gasteiger partial charge < -0.3 is 0 Å². The molecule has 0 nitrogen and oxygen atoms in total. The molecule has 0 saturated carbocycles. The molecule has 0 atom stereocenters. The van der Waals surface area contributed by atoms with Gasteiger partial charge in [-0.3, -0.25) is 0 Å². The minimum Gasteiger partial charge on any atom is -0.0683 e. The Hall–Kier alpha value is -1.56. The summed E-state index contributed by atoms with van der Waals surface area (Å²) in [5.74, 6) is 0. The van der Waals surface area contributed by atoms with Crippen LogP contribution in [0.25, 0.3) is 0 Å². The van der Waals surface area contributed by atoms with Crippen molar-refractivity contribution in [2.45, 2.75) is 75.7 Å². The van der Waals surface area contributed by atoms with Crippen molar-refractivity contribution >= 4 is 0 Å². The molecule has 0 aliphatic rings. The summed E-state index contributed by atoms with van der Waals surface area (Å²) in [5.41, 5.74) is 5.43. The predicted octanol–water partition coefficient (Wildman–Crippen LogP) is 8.08. The first kappa shape index (κ1) is 26.3. The molecule has 2 aromatic carbocycles. The first-order valence-corrected chi connectivity index (χ1v) is 9.06. The summed E-state index contributed by atoms with van der Waals surface area (Å²) in [7, 11) is 0. The van der Waals surface area contributed by atoms with Crippen molar-refractivity contribution in [2.75, 3.05) is 0 Å². The SMILES string of the molecule is CC.CC.CCC.Cc1ccc(C)c(C)c1.Cc1ccccc1. The average molecular weight is 317 g/mol. The number of rotatable bonds is 0. The largest absolute Gasteiger partial charge is 0.0683 e. The topological polar surface area (TPSA) is 0 Å². The summed E-state index contributed by atoms with van der Waals surface area (Å²) < 4.78 is 0. The Kier molecular flexibility index (Phi) is 23.4. The highest BCUT2D eigenvalue weighted by atomic mass is 13.9. The van der Waals surface area contributed by atoms with Crippen LogP contribution in [0.4, 0.5) is 0 Å². The number of hydrogen-bond acceptors (Lipinski definition) is 0. The molecule has 0 spiro atoms. The third-order valence-electron chi connectivity index (χ3n) is 2.60. The molecule has 2 aromatic rings. The molecule has 0 amide bonds. The highest BCUT2D eigenvalue weighted by Crippen LogP contribution is 2.07. The van der Waals surface area contributed by atoms with E-state index >= 15 is 0 Å². The third-order valence-corrected chi connectivity index (χ3v) is 2.60. The van der Waals surface area contributed by atoms with E-state index in [0.717, 1.165) is 0 Å². The van der Waals surface area contributed by atoms with Crippen molar-refractivity contribution in [3.05, 3.63) is 70.8 Å². The number of benzene rings is 2. The van der Waals surface area contributed by atoms with Gasteiger partial charge in [-0.25, -0.2) is 0 Å². The van der Waals surface area contributed by atoms with E-state index in [2.05, 4.69) is 71.9 Å². The lowest BCUT2D eigenvalue weighted by Crippen LogP contribution is -1.79. The molecule has 0 saturated heterocycles. The molecule has 0 heteroatoms. The van der Waals surface area contributed by atoms with E-state index in [-0.39, 0.29) is 0 Å². The van der Waals surface area contributed by atoms with Crippen molar-refractivity contribution in [3.63, 3.8) is 0 Å². The van der Waals surface area contributed by atoms with E-state index in [1.165, 1.54) is 28.7 Å². The zero-order valence-corrected chi connectivity index (χ0v) is 17.3. The van der Waals surface area contributed by atoms with Crippen molar-refractivity contribution in [3.8, 4) is 0 Å². The van der Waals surface area contributed by atoms with Crippen LogP contribution in [0.3, 0.4) is 0 Å². The van der Waals surface area contributed by atoms with Gasteiger partial charge in [0.15, 0.2) is 0 Å². The molecule has 0 aromatic heterocycles. The molecule has 132 valence electrons. The number of hydrogen-bond donors (Lipinski definition) is 0. The van der Waals surface area contributed by atoms with E-state index in [1.54, 1.807) is 0 Å². The summed E-state index contributed by atoms with van der Waals surface area (Å²) in [6, 6.07) is 16.8. The Bertz CT molecular complexity index is 441. The average Bonchev–Trinajstić information content (AvgIpc) is 2.57. The summed E-state index contributed by atoms with van der Waals surface area (Å²) in [6.45, 7) is 20.7. The fraction of sp³-hybridized carbons (Fsp3) is 0.478. The number of aryl methyl sites for hydroxylation is 4. The van der Waals surface area contributed by atoms with Crippen LogP contribution in [0.2, 0.25) is 0 Å². The van der Waals surface area contributed by atoms with E-state index in [1.807, 2.05) is 45.9 Å². The lowest BCUT2D eigenvalue weighted by atomic mass is 10.1. The van der Waals surface area contributed by atoms with Gasteiger partial charge in [0.2, 0.25) is 0 Å². The monoisotopic (exact) mass is 316 g/mol. The van der Waals surface area contributed by atoms with Gasteiger partial charge in [0.1, 0.15) is 0 Å². The van der Waals surface area contributed by atoms with Crippen LogP contribution >= 0.6 is 0 Å². The van der Waals surface area contributed by atoms with Gasteiger partial charge in [-0.15, -0.1) is 0 Å². The lowest BCUT2D eigenvalue weighted by molar-refractivity contribution is 1.09. The second-order valence-corrected chi connectivity index (χ2v) is 4.95. The van der Waals surface area contributed by atoms with Crippen LogP contribution in [0.5, 0.6) is 0 Å². The molecule has 0 unspecified atom stereocenters. The first-order chi connectivity index (χ1) is 11.0. The minimum atomic E-state index is 1.25. The smallest absolute Gasteiger partial charge is 0.0395 e. The molecular formula is C23H40. The Morgan fingerprint density at radius 2 is 1.00 bits per heavy atom. The zero-order chi connectivity index (χ0) is 18.7. The molecule has 0 aliphatic heterocycles. The maximum Gasteiger partial charge on any atom is -0.0395 e. The van der Waals surface area contributed by atoms with Crippen LogP contribution in [-0.2, 0) is 0 Å². The van der Waals surface area contributed by atoms with Gasteiger partial charge in [-0.1, -0.05) is 108 Å². The fourth-order valence-corrected chi connectivity index (χ4v) is 1.43. The third kappa shape index (κ3) is 18.4. The Labute approximate surface area is 147 Å². The molecule has 23 heavy (non-hydrogen) atoms. The van der Waals surface area contributed by atoms with Gasteiger partial charge in [-0.2, -0.15) is 0 Å². The highest BCUT2D eigenvalue weighted by molar-refractivity contribution is 5.28. The summed E-state index contributed by atoms with van der Waals surface area (Å²) >= 11 is 0. The molecule has 0 heterocycles.